The lowest BCUT2D eigenvalue weighted by atomic mass is 10.1. The molecule has 1 aliphatic rings. The zero-order chi connectivity index (χ0) is 13.2. The first kappa shape index (κ1) is 13.4. The van der Waals surface area contributed by atoms with Crippen LogP contribution in [0.25, 0.3) is 0 Å². The predicted molar refractivity (Wildman–Crippen MR) is 74.9 cm³/mol. The standard InChI is InChI=1S/C13H17BrN2O2/c1-15-8-13(5-6-13)12(17)16-9-3-4-11(18-2)10(14)7-9/h3-4,7,15H,5-6,8H2,1-2H3,(H,16,17). The van der Waals surface area contributed by atoms with Crippen LogP contribution in [0.1, 0.15) is 12.8 Å². The zero-order valence-electron chi connectivity index (χ0n) is 10.5. The van der Waals surface area contributed by atoms with Gasteiger partial charge in [0, 0.05) is 12.2 Å². The van der Waals surface area contributed by atoms with Gasteiger partial charge in [0.25, 0.3) is 0 Å². The lowest BCUT2D eigenvalue weighted by Crippen LogP contribution is -2.32. The van der Waals surface area contributed by atoms with E-state index in [-0.39, 0.29) is 11.3 Å². The Hall–Kier alpha value is -1.07. The Morgan fingerprint density at radius 1 is 1.50 bits per heavy atom. The van der Waals surface area contributed by atoms with Crippen molar-refractivity contribution >= 4 is 27.5 Å². The smallest absolute Gasteiger partial charge is 0.231 e. The molecule has 0 bridgehead atoms. The number of carbonyl (C=O) groups is 1. The van der Waals surface area contributed by atoms with Gasteiger partial charge in [0.1, 0.15) is 5.75 Å². The molecule has 1 aromatic rings. The van der Waals surface area contributed by atoms with Crippen molar-refractivity contribution < 1.29 is 9.53 Å². The molecule has 0 aliphatic heterocycles. The first-order chi connectivity index (χ1) is 8.61. The molecule has 0 heterocycles. The summed E-state index contributed by atoms with van der Waals surface area (Å²) in [4.78, 5) is 12.2. The number of methoxy groups -OCH3 is 1. The van der Waals surface area contributed by atoms with E-state index in [0.717, 1.165) is 35.3 Å². The van der Waals surface area contributed by atoms with Crippen LogP contribution in [0.15, 0.2) is 22.7 Å². The summed E-state index contributed by atoms with van der Waals surface area (Å²) in [7, 11) is 3.49. The number of ether oxygens (including phenoxy) is 1. The van der Waals surface area contributed by atoms with E-state index in [2.05, 4.69) is 26.6 Å². The van der Waals surface area contributed by atoms with Crippen molar-refractivity contribution in [2.45, 2.75) is 12.8 Å². The minimum absolute atomic E-state index is 0.0916. The van der Waals surface area contributed by atoms with E-state index in [9.17, 15) is 4.79 Å². The quantitative estimate of drug-likeness (QED) is 0.877. The van der Waals surface area contributed by atoms with Crippen molar-refractivity contribution in [1.82, 2.24) is 5.32 Å². The van der Waals surface area contributed by atoms with Crippen LogP contribution in [-0.2, 0) is 4.79 Å². The molecule has 0 aromatic heterocycles. The molecule has 1 aromatic carbocycles. The zero-order valence-corrected chi connectivity index (χ0v) is 12.1. The van der Waals surface area contributed by atoms with Gasteiger partial charge in [-0.05, 0) is 54.0 Å². The highest BCUT2D eigenvalue weighted by molar-refractivity contribution is 9.10. The van der Waals surface area contributed by atoms with E-state index in [1.54, 1.807) is 7.11 Å². The Balaban J connectivity index is 2.06. The Kier molecular flexibility index (Phi) is 3.92. The summed E-state index contributed by atoms with van der Waals surface area (Å²) in [5, 5.41) is 6.03. The third-order valence-electron chi connectivity index (χ3n) is 3.26. The van der Waals surface area contributed by atoms with E-state index < -0.39 is 0 Å². The number of hydrogen-bond acceptors (Lipinski definition) is 3. The lowest BCUT2D eigenvalue weighted by molar-refractivity contribution is -0.120. The van der Waals surface area contributed by atoms with Crippen LogP contribution >= 0.6 is 15.9 Å². The van der Waals surface area contributed by atoms with Crippen molar-refractivity contribution in [3.8, 4) is 5.75 Å². The number of amides is 1. The molecule has 18 heavy (non-hydrogen) atoms. The maximum atomic E-state index is 12.2. The summed E-state index contributed by atoms with van der Waals surface area (Å²) in [5.74, 6) is 0.846. The van der Waals surface area contributed by atoms with E-state index >= 15 is 0 Å². The molecule has 0 spiro atoms. The minimum atomic E-state index is -0.207. The van der Waals surface area contributed by atoms with Gasteiger partial charge in [0.05, 0.1) is 17.0 Å². The molecule has 0 saturated heterocycles. The maximum absolute atomic E-state index is 12.2. The highest BCUT2D eigenvalue weighted by Crippen LogP contribution is 2.46. The molecule has 0 radical (unpaired) electrons. The lowest BCUT2D eigenvalue weighted by Gasteiger charge is -2.15. The first-order valence-corrected chi connectivity index (χ1v) is 6.70. The molecule has 5 heteroatoms. The number of halogens is 1. The fourth-order valence-electron chi connectivity index (χ4n) is 1.98. The first-order valence-electron chi connectivity index (χ1n) is 5.91. The Labute approximate surface area is 115 Å². The molecule has 1 aliphatic carbocycles. The minimum Gasteiger partial charge on any atom is -0.496 e. The van der Waals surface area contributed by atoms with Gasteiger partial charge in [-0.25, -0.2) is 0 Å². The van der Waals surface area contributed by atoms with Crippen LogP contribution in [0.3, 0.4) is 0 Å². The molecule has 0 atom stereocenters. The number of carbonyl (C=O) groups excluding carboxylic acids is 1. The topological polar surface area (TPSA) is 50.4 Å². The molecule has 1 fully saturated rings. The molecule has 0 unspecified atom stereocenters. The average molecular weight is 313 g/mol. The highest BCUT2D eigenvalue weighted by Gasteiger charge is 2.49. The van der Waals surface area contributed by atoms with Gasteiger partial charge in [-0.1, -0.05) is 0 Å². The summed E-state index contributed by atoms with van der Waals surface area (Å²) >= 11 is 3.41. The number of hydrogen-bond donors (Lipinski definition) is 2. The van der Waals surface area contributed by atoms with E-state index in [4.69, 9.17) is 4.74 Å². The van der Waals surface area contributed by atoms with Gasteiger partial charge in [-0.15, -0.1) is 0 Å². The Bertz CT molecular complexity index is 458. The van der Waals surface area contributed by atoms with Gasteiger partial charge in [-0.3, -0.25) is 4.79 Å². The van der Waals surface area contributed by atoms with Crippen LogP contribution in [0, 0.1) is 5.41 Å². The second kappa shape index (κ2) is 5.28. The molecule has 4 nitrogen and oxygen atoms in total. The largest absolute Gasteiger partial charge is 0.496 e. The Morgan fingerprint density at radius 3 is 2.72 bits per heavy atom. The third kappa shape index (κ3) is 2.67. The molecule has 2 rings (SSSR count). The fraction of sp³-hybridized carbons (Fsp3) is 0.462. The van der Waals surface area contributed by atoms with Crippen LogP contribution in [0.2, 0.25) is 0 Å². The second-order valence-corrected chi connectivity index (χ2v) is 5.47. The Morgan fingerprint density at radius 2 is 2.22 bits per heavy atom. The highest BCUT2D eigenvalue weighted by atomic mass is 79.9. The molecule has 2 N–H and O–H groups in total. The second-order valence-electron chi connectivity index (χ2n) is 4.61. The van der Waals surface area contributed by atoms with Gasteiger partial charge in [0.2, 0.25) is 5.91 Å². The van der Waals surface area contributed by atoms with Crippen molar-refractivity contribution in [1.29, 1.82) is 0 Å². The molecule has 1 saturated carbocycles. The van der Waals surface area contributed by atoms with Crippen LogP contribution in [0.4, 0.5) is 5.69 Å². The van der Waals surface area contributed by atoms with E-state index in [1.807, 2.05) is 25.2 Å². The van der Waals surface area contributed by atoms with Gasteiger partial charge in [0.15, 0.2) is 0 Å². The van der Waals surface area contributed by atoms with Crippen LogP contribution in [-0.4, -0.2) is 26.6 Å². The van der Waals surface area contributed by atoms with Gasteiger partial charge >= 0.3 is 0 Å². The van der Waals surface area contributed by atoms with E-state index in [1.165, 1.54) is 0 Å². The summed E-state index contributed by atoms with van der Waals surface area (Å²) < 4.78 is 5.99. The summed E-state index contributed by atoms with van der Waals surface area (Å²) in [6, 6.07) is 5.53. The van der Waals surface area contributed by atoms with Crippen molar-refractivity contribution in [2.24, 2.45) is 5.41 Å². The monoisotopic (exact) mass is 312 g/mol. The molecular formula is C13H17BrN2O2. The van der Waals surface area contributed by atoms with Gasteiger partial charge in [-0.2, -0.15) is 0 Å². The fourth-order valence-corrected chi connectivity index (χ4v) is 2.52. The summed E-state index contributed by atoms with van der Waals surface area (Å²) in [6.07, 6.45) is 1.91. The van der Waals surface area contributed by atoms with Crippen LogP contribution < -0.4 is 15.4 Å². The SMILES string of the molecule is CNCC1(C(=O)Nc2ccc(OC)c(Br)c2)CC1. The normalized spacial score (nSPS) is 16.2. The third-order valence-corrected chi connectivity index (χ3v) is 3.88. The van der Waals surface area contributed by atoms with Crippen molar-refractivity contribution in [3.05, 3.63) is 22.7 Å². The summed E-state index contributed by atoms with van der Waals surface area (Å²) in [6.45, 7) is 0.732. The molecule has 98 valence electrons. The molecule has 1 amide bonds. The van der Waals surface area contributed by atoms with Gasteiger partial charge < -0.3 is 15.4 Å². The van der Waals surface area contributed by atoms with Crippen LogP contribution in [0.5, 0.6) is 5.75 Å². The van der Waals surface area contributed by atoms with Crippen molar-refractivity contribution in [3.63, 3.8) is 0 Å². The average Bonchev–Trinajstić information content (AvgIpc) is 3.11. The predicted octanol–water partition coefficient (Wildman–Crippen LogP) is 2.40. The number of rotatable bonds is 5. The number of anilines is 1. The molecular weight excluding hydrogens is 296 g/mol. The summed E-state index contributed by atoms with van der Waals surface area (Å²) in [5.41, 5.74) is 0.580. The number of benzene rings is 1. The maximum Gasteiger partial charge on any atom is 0.231 e. The number of nitrogens with one attached hydrogen (secondary N) is 2. The van der Waals surface area contributed by atoms with Crippen molar-refractivity contribution in [2.75, 3.05) is 26.0 Å². The van der Waals surface area contributed by atoms with E-state index in [0.29, 0.717) is 0 Å².